The number of allylic oxidation sites excluding steroid dienone is 5. The second-order valence-corrected chi connectivity index (χ2v) is 8.63. The zero-order valence-corrected chi connectivity index (χ0v) is 22.1. The number of benzene rings is 1. The smallest absolute Gasteiger partial charge is 0.250 e. The first-order valence-corrected chi connectivity index (χ1v) is 12.3. The lowest BCUT2D eigenvalue weighted by Gasteiger charge is -2.17. The second kappa shape index (κ2) is 14.6. The number of nitrogens with one attached hydrogen (secondary N) is 4. The van der Waals surface area contributed by atoms with E-state index in [0.717, 1.165) is 30.4 Å². The van der Waals surface area contributed by atoms with Crippen molar-refractivity contribution in [3.05, 3.63) is 65.7 Å². The summed E-state index contributed by atoms with van der Waals surface area (Å²) in [7, 11) is 5.39. The van der Waals surface area contributed by atoms with Gasteiger partial charge in [0.25, 0.3) is 5.91 Å². The van der Waals surface area contributed by atoms with Gasteiger partial charge in [-0.1, -0.05) is 36.8 Å². The monoisotopic (exact) mass is 492 g/mol. The van der Waals surface area contributed by atoms with Crippen LogP contribution in [-0.4, -0.2) is 38.7 Å². The molecule has 2 aliphatic rings. The Labute approximate surface area is 215 Å². The summed E-state index contributed by atoms with van der Waals surface area (Å²) >= 11 is 0. The predicted octanol–water partition coefficient (Wildman–Crippen LogP) is 4.73. The van der Waals surface area contributed by atoms with E-state index in [1.807, 2.05) is 44.6 Å². The van der Waals surface area contributed by atoms with Gasteiger partial charge in [-0.25, -0.2) is 0 Å². The van der Waals surface area contributed by atoms with Crippen LogP contribution in [0.2, 0.25) is 0 Å². The zero-order valence-electron chi connectivity index (χ0n) is 22.1. The summed E-state index contributed by atoms with van der Waals surface area (Å²) in [5, 5.41) is 17.3. The first kappa shape index (κ1) is 28.4. The molecule has 6 N–H and O–H groups in total. The van der Waals surface area contributed by atoms with Crippen LogP contribution in [0, 0.1) is 11.3 Å². The summed E-state index contributed by atoms with van der Waals surface area (Å²) in [5.41, 5.74) is 10.7. The third kappa shape index (κ3) is 9.44. The molecule has 0 spiro atoms. The Morgan fingerprint density at radius 3 is 2.47 bits per heavy atom. The number of methoxy groups -OCH3 is 1. The van der Waals surface area contributed by atoms with Crippen LogP contribution in [0.4, 0.5) is 5.69 Å². The van der Waals surface area contributed by atoms with Gasteiger partial charge in [0.2, 0.25) is 0 Å². The Hall–Kier alpha value is -3.81. The van der Waals surface area contributed by atoms with Crippen molar-refractivity contribution in [3.63, 3.8) is 0 Å². The number of hydrogen-bond donors (Lipinski definition) is 5. The van der Waals surface area contributed by atoms with E-state index in [4.69, 9.17) is 15.9 Å². The van der Waals surface area contributed by atoms with Crippen LogP contribution in [0.5, 0.6) is 5.75 Å². The van der Waals surface area contributed by atoms with Gasteiger partial charge in [-0.05, 0) is 51.3 Å². The van der Waals surface area contributed by atoms with Crippen LogP contribution >= 0.6 is 0 Å². The minimum absolute atomic E-state index is 0.000211. The highest BCUT2D eigenvalue weighted by molar-refractivity contribution is 6.08. The van der Waals surface area contributed by atoms with Crippen LogP contribution < -0.4 is 26.4 Å². The number of aliphatic imine (C=N–C) groups is 1. The lowest BCUT2D eigenvalue weighted by atomic mass is 10.0. The number of anilines is 1. The van der Waals surface area contributed by atoms with Crippen molar-refractivity contribution in [3.8, 4) is 5.75 Å². The number of nitrogens with zero attached hydrogens (tertiary/aromatic N) is 1. The van der Waals surface area contributed by atoms with Gasteiger partial charge in [-0.3, -0.25) is 4.79 Å². The highest BCUT2D eigenvalue weighted by Crippen LogP contribution is 2.35. The van der Waals surface area contributed by atoms with Crippen LogP contribution in [0.1, 0.15) is 51.5 Å². The maximum Gasteiger partial charge on any atom is 0.250 e. The van der Waals surface area contributed by atoms with Crippen LogP contribution in [0.25, 0.3) is 5.57 Å². The van der Waals surface area contributed by atoms with E-state index in [9.17, 15) is 4.79 Å². The molecule has 0 bridgehead atoms. The molecular formula is C28H40N6O2. The van der Waals surface area contributed by atoms with Gasteiger partial charge < -0.3 is 31.8 Å². The molecule has 0 radical (unpaired) electrons. The Morgan fingerprint density at radius 1 is 1.25 bits per heavy atom. The average molecular weight is 493 g/mol. The SMILES string of the molecule is CC/C=C\C(=C/NC)c1cccc(N/C(=C/C(N)=NC(=O)C2CC2)C(C)=N)c1OC.CNC=C1CC1. The highest BCUT2D eigenvalue weighted by Gasteiger charge is 2.29. The van der Waals surface area contributed by atoms with Gasteiger partial charge in [-0.15, -0.1) is 0 Å². The van der Waals surface area contributed by atoms with Crippen molar-refractivity contribution in [2.24, 2.45) is 16.6 Å². The van der Waals surface area contributed by atoms with Crippen LogP contribution in [0.15, 0.2) is 65.1 Å². The molecule has 0 heterocycles. The molecule has 2 fully saturated rings. The Balaban J connectivity index is 0.000000662. The number of hydrogen-bond acceptors (Lipinski definition) is 6. The van der Waals surface area contributed by atoms with E-state index in [1.54, 1.807) is 19.6 Å². The molecule has 2 saturated carbocycles. The van der Waals surface area contributed by atoms with Crippen molar-refractivity contribution >= 4 is 28.7 Å². The van der Waals surface area contributed by atoms with Crippen molar-refractivity contribution in [2.75, 3.05) is 26.5 Å². The summed E-state index contributed by atoms with van der Waals surface area (Å²) in [5.74, 6) is 0.517. The van der Waals surface area contributed by atoms with E-state index < -0.39 is 0 Å². The molecule has 36 heavy (non-hydrogen) atoms. The molecule has 0 aromatic heterocycles. The third-order valence-corrected chi connectivity index (χ3v) is 5.38. The lowest BCUT2D eigenvalue weighted by molar-refractivity contribution is -0.118. The quantitative estimate of drug-likeness (QED) is 0.173. The second-order valence-electron chi connectivity index (χ2n) is 8.63. The molecule has 8 nitrogen and oxygen atoms in total. The number of amides is 1. The molecule has 1 aromatic carbocycles. The fourth-order valence-corrected chi connectivity index (χ4v) is 3.23. The highest BCUT2D eigenvalue weighted by atomic mass is 16.5. The Morgan fingerprint density at radius 2 is 1.97 bits per heavy atom. The molecular weight excluding hydrogens is 452 g/mol. The maximum absolute atomic E-state index is 11.9. The first-order valence-electron chi connectivity index (χ1n) is 12.3. The van der Waals surface area contributed by atoms with Crippen molar-refractivity contribution in [1.82, 2.24) is 10.6 Å². The van der Waals surface area contributed by atoms with Crippen molar-refractivity contribution in [1.29, 1.82) is 5.41 Å². The van der Waals surface area contributed by atoms with Crippen LogP contribution in [-0.2, 0) is 4.79 Å². The summed E-state index contributed by atoms with van der Waals surface area (Å²) in [6, 6.07) is 5.74. The van der Waals surface area contributed by atoms with E-state index in [2.05, 4.69) is 40.1 Å². The number of amidine groups is 1. The van der Waals surface area contributed by atoms with Crippen molar-refractivity contribution in [2.45, 2.75) is 46.0 Å². The minimum atomic E-state index is -0.199. The third-order valence-electron chi connectivity index (χ3n) is 5.38. The number of rotatable bonds is 11. The van der Waals surface area contributed by atoms with E-state index >= 15 is 0 Å². The van der Waals surface area contributed by atoms with Crippen LogP contribution in [0.3, 0.4) is 0 Å². The van der Waals surface area contributed by atoms with Gasteiger partial charge in [-0.2, -0.15) is 4.99 Å². The molecule has 194 valence electrons. The largest absolute Gasteiger partial charge is 0.494 e. The number of carbonyl (C=O) groups is 1. The predicted molar refractivity (Wildman–Crippen MR) is 150 cm³/mol. The van der Waals surface area contributed by atoms with E-state index in [-0.39, 0.29) is 23.4 Å². The minimum Gasteiger partial charge on any atom is -0.494 e. The average Bonchev–Trinajstić information content (AvgIpc) is 3.76. The number of para-hydroxylation sites is 1. The van der Waals surface area contributed by atoms with Gasteiger partial charge in [0.05, 0.1) is 24.2 Å². The molecule has 0 unspecified atom stereocenters. The molecule has 0 aliphatic heterocycles. The summed E-state index contributed by atoms with van der Waals surface area (Å²) in [6.07, 6.45) is 14.9. The molecule has 2 aliphatic carbocycles. The number of nitrogens with two attached hydrogens (primary N) is 1. The number of carbonyl (C=O) groups excluding carboxylic acids is 1. The fraction of sp³-hybridized carbons (Fsp3) is 0.393. The van der Waals surface area contributed by atoms with Crippen molar-refractivity contribution < 1.29 is 9.53 Å². The molecule has 1 amide bonds. The summed E-state index contributed by atoms with van der Waals surface area (Å²) < 4.78 is 5.70. The molecule has 1 aromatic rings. The topological polar surface area (TPSA) is 125 Å². The first-order chi connectivity index (χ1) is 17.3. The molecule has 0 saturated heterocycles. The molecule has 3 rings (SSSR count). The van der Waals surface area contributed by atoms with E-state index in [0.29, 0.717) is 17.1 Å². The summed E-state index contributed by atoms with van der Waals surface area (Å²) in [4.78, 5) is 15.8. The normalized spacial score (nSPS) is 15.6. The maximum atomic E-state index is 11.9. The summed E-state index contributed by atoms with van der Waals surface area (Å²) in [6.45, 7) is 3.72. The number of ether oxygens (including phenoxy) is 1. The van der Waals surface area contributed by atoms with Gasteiger partial charge in [0, 0.05) is 43.4 Å². The Kier molecular flexibility index (Phi) is 11.5. The molecule has 0 atom stereocenters. The fourth-order valence-electron chi connectivity index (χ4n) is 3.23. The standard InChI is InChI=1S/C23H31N5O2.C5H9N/c1-5-6-8-17(14-26-3)18-9-7-10-19(22(18)30-4)27-20(15(2)24)13-21(25)28-23(29)16-11-12-16;1-6-4-5-2-3-5/h6-10,13-14,16,24,26-27H,5,11-12H2,1-4H3,(H2,25,28,29);4,6H,2-3H2,1H3/b8-6-,17-14+,20-13+,24-15?;. The van der Waals surface area contributed by atoms with Gasteiger partial charge in [0.15, 0.2) is 0 Å². The molecule has 8 heteroatoms. The lowest BCUT2D eigenvalue weighted by Crippen LogP contribution is -2.17. The Bertz CT molecular complexity index is 1070. The van der Waals surface area contributed by atoms with E-state index in [1.165, 1.54) is 18.9 Å². The zero-order chi connectivity index (χ0) is 26.5. The van der Waals surface area contributed by atoms with Gasteiger partial charge in [0.1, 0.15) is 11.6 Å². The van der Waals surface area contributed by atoms with Gasteiger partial charge >= 0.3 is 0 Å².